The fraction of sp³-hybridized carbons (Fsp3) is 0.545. The van der Waals surface area contributed by atoms with E-state index in [1.165, 1.54) is 0 Å². The number of nitrogens with one attached hydrogen (secondary N) is 1. The molecule has 0 bridgehead atoms. The standard InChI is InChI=1S/C11H19N3O2/c1-9-3-4-13-11(10(9)12)14-5-6-16-8-7-15-2/h3-4H,5-8,12H2,1-2H3,(H,13,14). The quantitative estimate of drug-likeness (QED) is 0.679. The summed E-state index contributed by atoms with van der Waals surface area (Å²) >= 11 is 0. The Hall–Kier alpha value is -1.33. The zero-order chi connectivity index (χ0) is 11.8. The molecular formula is C11H19N3O2. The number of nitrogen functional groups attached to an aromatic ring is 1. The first-order valence-electron chi connectivity index (χ1n) is 5.27. The Morgan fingerprint density at radius 3 is 2.94 bits per heavy atom. The highest BCUT2D eigenvalue weighted by Gasteiger charge is 2.01. The summed E-state index contributed by atoms with van der Waals surface area (Å²) in [4.78, 5) is 4.16. The van der Waals surface area contributed by atoms with Crippen LogP contribution in [0.15, 0.2) is 12.3 Å². The number of anilines is 2. The van der Waals surface area contributed by atoms with Crippen molar-refractivity contribution in [3.63, 3.8) is 0 Å². The fourth-order valence-electron chi connectivity index (χ4n) is 1.20. The highest BCUT2D eigenvalue weighted by Crippen LogP contribution is 2.17. The molecule has 0 aliphatic heterocycles. The molecule has 1 aromatic rings. The predicted octanol–water partition coefficient (Wildman–Crippen LogP) is 1.05. The number of hydrogen-bond donors (Lipinski definition) is 2. The minimum atomic E-state index is 0.606. The van der Waals surface area contributed by atoms with E-state index in [0.717, 1.165) is 11.4 Å². The second-order valence-corrected chi connectivity index (χ2v) is 3.42. The molecule has 5 nitrogen and oxygen atoms in total. The highest BCUT2D eigenvalue weighted by atomic mass is 16.5. The second kappa shape index (κ2) is 7.03. The van der Waals surface area contributed by atoms with E-state index >= 15 is 0 Å². The summed E-state index contributed by atoms with van der Waals surface area (Å²) in [5, 5.41) is 3.13. The van der Waals surface area contributed by atoms with Crippen LogP contribution in [0.2, 0.25) is 0 Å². The number of methoxy groups -OCH3 is 1. The van der Waals surface area contributed by atoms with E-state index in [1.54, 1.807) is 13.3 Å². The van der Waals surface area contributed by atoms with Crippen LogP contribution in [0.25, 0.3) is 0 Å². The summed E-state index contributed by atoms with van der Waals surface area (Å²) in [5.74, 6) is 0.718. The van der Waals surface area contributed by atoms with Crippen molar-refractivity contribution in [2.45, 2.75) is 6.92 Å². The number of aromatic nitrogens is 1. The smallest absolute Gasteiger partial charge is 0.149 e. The van der Waals surface area contributed by atoms with Gasteiger partial charge in [0.15, 0.2) is 0 Å². The normalized spacial score (nSPS) is 10.4. The zero-order valence-electron chi connectivity index (χ0n) is 9.82. The van der Waals surface area contributed by atoms with Crippen LogP contribution >= 0.6 is 0 Å². The zero-order valence-corrected chi connectivity index (χ0v) is 9.82. The third-order valence-electron chi connectivity index (χ3n) is 2.18. The molecule has 0 atom stereocenters. The fourth-order valence-corrected chi connectivity index (χ4v) is 1.20. The van der Waals surface area contributed by atoms with Crippen LogP contribution in [-0.4, -0.2) is 38.5 Å². The molecule has 0 amide bonds. The van der Waals surface area contributed by atoms with Gasteiger partial charge < -0.3 is 20.5 Å². The summed E-state index contributed by atoms with van der Waals surface area (Å²) in [6, 6.07) is 1.88. The highest BCUT2D eigenvalue weighted by molar-refractivity contribution is 5.64. The Morgan fingerprint density at radius 1 is 1.38 bits per heavy atom. The first kappa shape index (κ1) is 12.7. The predicted molar refractivity (Wildman–Crippen MR) is 64.6 cm³/mol. The van der Waals surface area contributed by atoms with Gasteiger partial charge in [0.25, 0.3) is 0 Å². The Balaban J connectivity index is 2.24. The molecule has 0 unspecified atom stereocenters. The summed E-state index contributed by atoms with van der Waals surface area (Å²) < 4.78 is 10.2. The molecule has 1 rings (SSSR count). The molecule has 0 spiro atoms. The number of rotatable bonds is 7. The van der Waals surface area contributed by atoms with Crippen molar-refractivity contribution in [2.24, 2.45) is 0 Å². The number of ether oxygens (including phenoxy) is 2. The maximum absolute atomic E-state index is 5.86. The van der Waals surface area contributed by atoms with E-state index in [1.807, 2.05) is 13.0 Å². The molecule has 0 radical (unpaired) electrons. The van der Waals surface area contributed by atoms with Gasteiger partial charge in [-0.05, 0) is 18.6 Å². The lowest BCUT2D eigenvalue weighted by Crippen LogP contribution is -2.13. The molecule has 0 fully saturated rings. The van der Waals surface area contributed by atoms with Gasteiger partial charge in [-0.3, -0.25) is 0 Å². The summed E-state index contributed by atoms with van der Waals surface area (Å²) in [6.45, 7) is 4.47. The average molecular weight is 225 g/mol. The molecule has 0 saturated heterocycles. The molecule has 1 aromatic heterocycles. The third-order valence-corrected chi connectivity index (χ3v) is 2.18. The first-order valence-corrected chi connectivity index (χ1v) is 5.27. The maximum atomic E-state index is 5.86. The van der Waals surface area contributed by atoms with Crippen LogP contribution in [-0.2, 0) is 9.47 Å². The third kappa shape index (κ3) is 4.04. The van der Waals surface area contributed by atoms with Crippen molar-refractivity contribution >= 4 is 11.5 Å². The first-order chi connectivity index (χ1) is 7.75. The van der Waals surface area contributed by atoms with Crippen molar-refractivity contribution in [1.82, 2.24) is 4.98 Å². The molecule has 0 saturated carbocycles. The largest absolute Gasteiger partial charge is 0.396 e. The summed E-state index contributed by atoms with van der Waals surface area (Å²) in [5.41, 5.74) is 7.58. The average Bonchev–Trinajstić information content (AvgIpc) is 2.29. The lowest BCUT2D eigenvalue weighted by molar-refractivity contribution is 0.0759. The monoisotopic (exact) mass is 225 g/mol. The van der Waals surface area contributed by atoms with Gasteiger partial charge >= 0.3 is 0 Å². The molecule has 0 aliphatic rings. The van der Waals surface area contributed by atoms with Crippen molar-refractivity contribution in [3.8, 4) is 0 Å². The van der Waals surface area contributed by atoms with Gasteiger partial charge in [0.2, 0.25) is 0 Å². The van der Waals surface area contributed by atoms with E-state index in [2.05, 4.69) is 10.3 Å². The minimum Gasteiger partial charge on any atom is -0.396 e. The molecule has 90 valence electrons. The maximum Gasteiger partial charge on any atom is 0.149 e. The van der Waals surface area contributed by atoms with Crippen LogP contribution in [0.4, 0.5) is 11.5 Å². The number of nitrogens with zero attached hydrogens (tertiary/aromatic N) is 1. The van der Waals surface area contributed by atoms with E-state index in [4.69, 9.17) is 15.2 Å². The SMILES string of the molecule is COCCOCCNc1nccc(C)c1N. The van der Waals surface area contributed by atoms with Crippen LogP contribution in [0.5, 0.6) is 0 Å². The molecule has 16 heavy (non-hydrogen) atoms. The van der Waals surface area contributed by atoms with Crippen molar-refractivity contribution in [1.29, 1.82) is 0 Å². The Morgan fingerprint density at radius 2 is 2.19 bits per heavy atom. The van der Waals surface area contributed by atoms with E-state index in [9.17, 15) is 0 Å². The van der Waals surface area contributed by atoms with Gasteiger partial charge in [0.05, 0.1) is 25.5 Å². The topological polar surface area (TPSA) is 69.4 Å². The van der Waals surface area contributed by atoms with Crippen LogP contribution in [0.3, 0.4) is 0 Å². The molecule has 0 aromatic carbocycles. The van der Waals surface area contributed by atoms with E-state index in [0.29, 0.717) is 32.1 Å². The molecule has 5 heteroatoms. The van der Waals surface area contributed by atoms with Gasteiger partial charge in [-0.2, -0.15) is 0 Å². The van der Waals surface area contributed by atoms with Crippen molar-refractivity contribution < 1.29 is 9.47 Å². The minimum absolute atomic E-state index is 0.606. The Labute approximate surface area is 96.0 Å². The Kier molecular flexibility index (Phi) is 5.60. The van der Waals surface area contributed by atoms with Crippen molar-refractivity contribution in [3.05, 3.63) is 17.8 Å². The van der Waals surface area contributed by atoms with Crippen LogP contribution < -0.4 is 11.1 Å². The molecular weight excluding hydrogens is 206 g/mol. The number of pyridine rings is 1. The summed E-state index contributed by atoms with van der Waals surface area (Å²) in [6.07, 6.45) is 1.74. The van der Waals surface area contributed by atoms with Gasteiger partial charge in [-0.15, -0.1) is 0 Å². The van der Waals surface area contributed by atoms with E-state index in [-0.39, 0.29) is 0 Å². The van der Waals surface area contributed by atoms with Crippen LogP contribution in [0, 0.1) is 6.92 Å². The Bertz CT molecular complexity index is 318. The number of hydrogen-bond acceptors (Lipinski definition) is 5. The van der Waals surface area contributed by atoms with Gasteiger partial charge in [-0.25, -0.2) is 4.98 Å². The van der Waals surface area contributed by atoms with Crippen molar-refractivity contribution in [2.75, 3.05) is 44.5 Å². The van der Waals surface area contributed by atoms with Gasteiger partial charge in [0, 0.05) is 19.9 Å². The molecule has 0 aliphatic carbocycles. The summed E-state index contributed by atoms with van der Waals surface area (Å²) in [7, 11) is 1.65. The van der Waals surface area contributed by atoms with Crippen LogP contribution in [0.1, 0.15) is 5.56 Å². The molecule has 3 N–H and O–H groups in total. The lowest BCUT2D eigenvalue weighted by atomic mass is 10.2. The number of nitrogens with two attached hydrogens (primary N) is 1. The lowest BCUT2D eigenvalue weighted by Gasteiger charge is -2.09. The molecule has 1 heterocycles. The van der Waals surface area contributed by atoms with Gasteiger partial charge in [-0.1, -0.05) is 0 Å². The van der Waals surface area contributed by atoms with Gasteiger partial charge in [0.1, 0.15) is 5.82 Å². The number of aryl methyl sites for hydroxylation is 1. The van der Waals surface area contributed by atoms with E-state index < -0.39 is 0 Å². The second-order valence-electron chi connectivity index (χ2n) is 3.42.